The Balaban J connectivity index is 1.30. The molecule has 1 spiro atoms. The summed E-state index contributed by atoms with van der Waals surface area (Å²) in [7, 11) is 5.60. The number of hydrogen-bond acceptors (Lipinski definition) is 8. The highest BCUT2D eigenvalue weighted by molar-refractivity contribution is 5.97. The van der Waals surface area contributed by atoms with Crippen LogP contribution < -0.4 is 19.9 Å². The standard InChI is InChI=1S/C32H40FN7O3/c1-22(2)38(5)31(42)25-15-24(33)7-9-28(25)43-29-16-34-20-35-30(29)40-13-11-32(19-40)10-12-39(18-32)17-23-6-8-27(37(3)4)26(14-23)36-21-41/h6-9,14-16,20-22H,10-13,17-19H2,1-5H3,(H,36,41). The number of hydrogen-bond donors (Lipinski definition) is 1. The molecule has 1 aromatic heterocycles. The van der Waals surface area contributed by atoms with Crippen molar-refractivity contribution in [1.82, 2.24) is 19.8 Å². The van der Waals surface area contributed by atoms with Crippen LogP contribution in [0.15, 0.2) is 48.9 Å². The third-order valence-corrected chi connectivity index (χ3v) is 8.56. The molecule has 2 aromatic carbocycles. The summed E-state index contributed by atoms with van der Waals surface area (Å²) in [4.78, 5) is 41.3. The Bertz CT molecular complexity index is 1480. The Kier molecular flexibility index (Phi) is 8.82. The third-order valence-electron chi connectivity index (χ3n) is 8.56. The van der Waals surface area contributed by atoms with Gasteiger partial charge in [0.2, 0.25) is 6.41 Å². The minimum atomic E-state index is -0.505. The summed E-state index contributed by atoms with van der Waals surface area (Å²) in [5.74, 6) is 0.529. The number of rotatable bonds is 10. The maximum Gasteiger partial charge on any atom is 0.257 e. The van der Waals surface area contributed by atoms with E-state index in [9.17, 15) is 14.0 Å². The van der Waals surface area contributed by atoms with Gasteiger partial charge in [0.25, 0.3) is 5.91 Å². The minimum absolute atomic E-state index is 0.0570. The molecule has 2 aliphatic rings. The molecule has 1 atom stereocenters. The van der Waals surface area contributed by atoms with Crippen molar-refractivity contribution >= 4 is 29.5 Å². The van der Waals surface area contributed by atoms with Gasteiger partial charge in [0.15, 0.2) is 11.6 Å². The lowest BCUT2D eigenvalue weighted by molar-refractivity contribution is -0.105. The van der Waals surface area contributed by atoms with Crippen LogP contribution in [-0.2, 0) is 11.3 Å². The van der Waals surface area contributed by atoms with Crippen molar-refractivity contribution < 1.29 is 18.7 Å². The molecule has 0 aliphatic carbocycles. The van der Waals surface area contributed by atoms with Crippen molar-refractivity contribution in [3.8, 4) is 11.5 Å². The summed E-state index contributed by atoms with van der Waals surface area (Å²) < 4.78 is 20.4. The first-order chi connectivity index (χ1) is 20.6. The van der Waals surface area contributed by atoms with Crippen molar-refractivity contribution in [3.05, 3.63) is 65.9 Å². The Morgan fingerprint density at radius 1 is 1.12 bits per heavy atom. The maximum absolute atomic E-state index is 14.2. The number of anilines is 3. The first-order valence-corrected chi connectivity index (χ1v) is 14.6. The lowest BCUT2D eigenvalue weighted by atomic mass is 9.86. The van der Waals surface area contributed by atoms with E-state index in [2.05, 4.69) is 31.2 Å². The quantitative estimate of drug-likeness (QED) is 0.343. The number of carbonyl (C=O) groups excluding carboxylic acids is 2. The Morgan fingerprint density at radius 3 is 2.65 bits per heavy atom. The molecule has 3 aromatic rings. The van der Waals surface area contributed by atoms with Crippen LogP contribution in [0.3, 0.4) is 0 Å². The average molecular weight is 590 g/mol. The molecule has 1 N–H and O–H groups in total. The SMILES string of the molecule is CC(C)N(C)C(=O)c1cc(F)ccc1Oc1cncnc1N1CCC2(CCN(Cc3ccc(N(C)C)c(NC=O)c3)C2)C1. The first kappa shape index (κ1) is 30.2. The topological polar surface area (TPSA) is 94.1 Å². The second kappa shape index (κ2) is 12.5. The molecule has 2 fully saturated rings. The second-order valence-corrected chi connectivity index (χ2v) is 12.1. The van der Waals surface area contributed by atoms with Crippen LogP contribution in [0.4, 0.5) is 21.6 Å². The third kappa shape index (κ3) is 6.56. The Hall–Kier alpha value is -4.25. The predicted molar refractivity (Wildman–Crippen MR) is 165 cm³/mol. The molecule has 1 unspecified atom stereocenters. The highest BCUT2D eigenvalue weighted by atomic mass is 19.1. The van der Waals surface area contributed by atoms with Crippen molar-refractivity contribution in [1.29, 1.82) is 0 Å². The minimum Gasteiger partial charge on any atom is -0.451 e. The van der Waals surface area contributed by atoms with Crippen LogP contribution in [0.25, 0.3) is 0 Å². The van der Waals surface area contributed by atoms with Crippen LogP contribution in [0, 0.1) is 11.2 Å². The van der Waals surface area contributed by atoms with Crippen LogP contribution >= 0.6 is 0 Å². The van der Waals surface area contributed by atoms with Crippen LogP contribution in [0.1, 0.15) is 42.6 Å². The van der Waals surface area contributed by atoms with Gasteiger partial charge in [-0.25, -0.2) is 14.4 Å². The number of likely N-dealkylation sites (tertiary alicyclic amines) is 1. The maximum atomic E-state index is 14.2. The van der Waals surface area contributed by atoms with E-state index in [1.807, 2.05) is 45.0 Å². The lowest BCUT2D eigenvalue weighted by Crippen LogP contribution is -2.33. The van der Waals surface area contributed by atoms with E-state index in [1.54, 1.807) is 18.1 Å². The number of aromatic nitrogens is 2. The molecule has 11 heteroatoms. The smallest absolute Gasteiger partial charge is 0.257 e. The van der Waals surface area contributed by atoms with Crippen molar-refractivity contribution in [2.75, 3.05) is 62.4 Å². The van der Waals surface area contributed by atoms with Crippen LogP contribution in [-0.4, -0.2) is 85.4 Å². The highest BCUT2D eigenvalue weighted by Crippen LogP contribution is 2.43. The molecular formula is C32H40FN7O3. The van der Waals surface area contributed by atoms with E-state index in [0.29, 0.717) is 18.0 Å². The number of amides is 2. The number of carbonyl (C=O) groups is 2. The number of nitrogens with one attached hydrogen (secondary N) is 1. The van der Waals surface area contributed by atoms with E-state index >= 15 is 0 Å². The predicted octanol–water partition coefficient (Wildman–Crippen LogP) is 4.63. The van der Waals surface area contributed by atoms with Gasteiger partial charge in [-0.05, 0) is 69.1 Å². The highest BCUT2D eigenvalue weighted by Gasteiger charge is 2.44. The fourth-order valence-electron chi connectivity index (χ4n) is 6.04. The molecule has 2 saturated heterocycles. The summed E-state index contributed by atoms with van der Waals surface area (Å²) in [6, 6.07) is 10.1. The number of nitrogens with zero attached hydrogens (tertiary/aromatic N) is 6. The van der Waals surface area contributed by atoms with E-state index in [1.165, 1.54) is 24.5 Å². The summed E-state index contributed by atoms with van der Waals surface area (Å²) >= 11 is 0. The number of halogens is 1. The molecular weight excluding hydrogens is 549 g/mol. The van der Waals surface area contributed by atoms with Gasteiger partial charge in [-0.15, -0.1) is 0 Å². The fraction of sp³-hybridized carbons (Fsp3) is 0.438. The molecule has 0 bridgehead atoms. The molecule has 43 heavy (non-hydrogen) atoms. The van der Waals surface area contributed by atoms with Crippen molar-refractivity contribution in [2.45, 2.75) is 39.3 Å². The van der Waals surface area contributed by atoms with E-state index < -0.39 is 5.82 Å². The lowest BCUT2D eigenvalue weighted by Gasteiger charge is -2.26. The Morgan fingerprint density at radius 2 is 1.91 bits per heavy atom. The van der Waals surface area contributed by atoms with Crippen LogP contribution in [0.5, 0.6) is 11.5 Å². The monoisotopic (exact) mass is 589 g/mol. The van der Waals surface area contributed by atoms with Gasteiger partial charge < -0.3 is 24.8 Å². The van der Waals surface area contributed by atoms with Gasteiger partial charge in [-0.1, -0.05) is 6.07 Å². The zero-order chi connectivity index (χ0) is 30.7. The molecule has 2 amide bonds. The fourth-order valence-corrected chi connectivity index (χ4v) is 6.04. The van der Waals surface area contributed by atoms with Gasteiger partial charge in [0, 0.05) is 58.8 Å². The van der Waals surface area contributed by atoms with Crippen LogP contribution in [0.2, 0.25) is 0 Å². The number of benzene rings is 2. The first-order valence-electron chi connectivity index (χ1n) is 14.6. The average Bonchev–Trinajstić information content (AvgIpc) is 3.58. The van der Waals surface area contributed by atoms with Gasteiger partial charge >= 0.3 is 0 Å². The van der Waals surface area contributed by atoms with Gasteiger partial charge in [-0.3, -0.25) is 14.5 Å². The molecule has 5 rings (SSSR count). The van der Waals surface area contributed by atoms with Gasteiger partial charge in [-0.2, -0.15) is 0 Å². The molecule has 0 saturated carbocycles. The zero-order valence-electron chi connectivity index (χ0n) is 25.5. The van der Waals surface area contributed by atoms with E-state index in [4.69, 9.17) is 4.74 Å². The normalized spacial score (nSPS) is 18.3. The summed E-state index contributed by atoms with van der Waals surface area (Å²) in [6.45, 7) is 8.18. The second-order valence-electron chi connectivity index (χ2n) is 12.1. The molecule has 10 nitrogen and oxygen atoms in total. The molecule has 228 valence electrons. The summed E-state index contributed by atoms with van der Waals surface area (Å²) in [6.07, 6.45) is 5.90. The Labute approximate surface area is 252 Å². The van der Waals surface area contributed by atoms with E-state index in [-0.39, 0.29) is 28.7 Å². The molecule has 3 heterocycles. The van der Waals surface area contributed by atoms with Gasteiger partial charge in [0.05, 0.1) is 23.1 Å². The van der Waals surface area contributed by atoms with Crippen molar-refractivity contribution in [3.63, 3.8) is 0 Å². The zero-order valence-corrected chi connectivity index (χ0v) is 25.5. The summed E-state index contributed by atoms with van der Waals surface area (Å²) in [5, 5.41) is 2.83. The van der Waals surface area contributed by atoms with Gasteiger partial charge in [0.1, 0.15) is 17.9 Å². The van der Waals surface area contributed by atoms with Crippen molar-refractivity contribution in [2.24, 2.45) is 5.41 Å². The largest absolute Gasteiger partial charge is 0.451 e. The number of ether oxygens (including phenoxy) is 1. The molecule has 2 aliphatic heterocycles. The summed E-state index contributed by atoms with van der Waals surface area (Å²) in [5.41, 5.74) is 3.19. The molecule has 0 radical (unpaired) electrons. The van der Waals surface area contributed by atoms with E-state index in [0.717, 1.165) is 62.5 Å².